The normalized spacial score (nSPS) is 21.6. The number of ether oxygens (including phenoxy) is 2. The van der Waals surface area contributed by atoms with Crippen LogP contribution in [0.1, 0.15) is 132 Å². The zero-order chi connectivity index (χ0) is 49.5. The fourth-order valence-corrected chi connectivity index (χ4v) is 11.2. The third-order valence-corrected chi connectivity index (χ3v) is 14.8. The number of piperidine rings is 1. The Balaban J connectivity index is 1.05. The minimum absolute atomic E-state index is 0.220. The van der Waals surface area contributed by atoms with Crippen LogP contribution in [0.3, 0.4) is 0 Å². The van der Waals surface area contributed by atoms with E-state index in [0.717, 1.165) is 32.4 Å². The Morgan fingerprint density at radius 1 is 0.600 bits per heavy atom. The maximum atomic E-state index is 16.8. The lowest BCUT2D eigenvalue weighted by atomic mass is 10.0. The molecule has 1 unspecified atom stereocenters. The van der Waals surface area contributed by atoms with Gasteiger partial charge in [-0.25, -0.2) is 32.7 Å². The lowest BCUT2D eigenvalue weighted by Gasteiger charge is -2.35. The van der Waals surface area contributed by atoms with E-state index in [1.54, 1.807) is 28.0 Å². The summed E-state index contributed by atoms with van der Waals surface area (Å²) in [7, 11) is 2.49. The molecule has 5 aromatic rings. The number of nitrogens with one attached hydrogen (secondary N) is 4. The van der Waals surface area contributed by atoms with Gasteiger partial charge < -0.3 is 49.7 Å². The van der Waals surface area contributed by atoms with Gasteiger partial charge in [-0.2, -0.15) is 0 Å². The minimum atomic E-state index is -0.823. The molecule has 4 amide bonds. The van der Waals surface area contributed by atoms with Gasteiger partial charge in [0.2, 0.25) is 11.8 Å². The van der Waals surface area contributed by atoms with Crippen LogP contribution < -0.4 is 20.4 Å². The highest BCUT2D eigenvalue weighted by atomic mass is 19.1. The number of rotatable bonds is 12. The first-order chi connectivity index (χ1) is 33.6. The molecule has 19 heteroatoms. The lowest BCUT2D eigenvalue weighted by molar-refractivity contribution is -0.136. The number of aromatic nitrogens is 4. The quantitative estimate of drug-likeness (QED) is 0.0942. The van der Waals surface area contributed by atoms with Crippen molar-refractivity contribution in [3.8, 4) is 0 Å². The molecule has 16 nitrogen and oxygen atoms in total. The number of fused-ring (bicyclic) bond motifs is 2. The summed E-state index contributed by atoms with van der Waals surface area (Å²) in [6.07, 6.45) is 5.04. The summed E-state index contributed by atoms with van der Waals surface area (Å²) in [4.78, 5) is 75.9. The van der Waals surface area contributed by atoms with E-state index in [1.807, 2.05) is 43.6 Å². The Morgan fingerprint density at radius 2 is 1.10 bits per heavy atom. The number of H-pyrrole nitrogens is 2. The maximum absolute atomic E-state index is 16.8. The van der Waals surface area contributed by atoms with Crippen molar-refractivity contribution in [3.05, 3.63) is 82.7 Å². The first kappa shape index (κ1) is 48.5. The van der Waals surface area contributed by atoms with Crippen LogP contribution in [0.25, 0.3) is 22.1 Å². The third kappa shape index (κ3) is 9.30. The number of amides is 4. The fourth-order valence-electron chi connectivity index (χ4n) is 11.2. The van der Waals surface area contributed by atoms with Gasteiger partial charge in [0, 0.05) is 49.1 Å². The van der Waals surface area contributed by atoms with E-state index in [1.165, 1.54) is 32.4 Å². The predicted molar refractivity (Wildman–Crippen MR) is 257 cm³/mol. The number of benzene rings is 3. The molecular formula is C51H63F3N10O6. The molecule has 0 saturated carbocycles. The highest BCUT2D eigenvalue weighted by Crippen LogP contribution is 2.50. The Morgan fingerprint density at radius 3 is 1.61 bits per heavy atom. The van der Waals surface area contributed by atoms with Crippen LogP contribution in [-0.4, -0.2) is 106 Å². The lowest BCUT2D eigenvalue weighted by Crippen LogP contribution is -2.51. The number of likely N-dealkylation sites (tertiary alicyclic amines) is 2. The SMILES string of the molecule is COC(=O)NC(C(=O)N1CCC[C@H]1c1nc2cc(F)c([C@H]3CC[C@H](c4cc5nc([C@@H]6CCCN6C(=O)[C@@H](NC(=O)OC)C(C)C)[nH]c5cc4F)N3c3ccc(N4CCCCC4)c(F)c3)cc2[nH]1)C(C)C. The van der Waals surface area contributed by atoms with E-state index in [0.29, 0.717) is 108 Å². The summed E-state index contributed by atoms with van der Waals surface area (Å²) in [5, 5.41) is 5.34. The second-order valence-electron chi connectivity index (χ2n) is 19.8. The number of carbonyl (C=O) groups is 4. The predicted octanol–water partition coefficient (Wildman–Crippen LogP) is 9.02. The molecule has 4 N–H and O–H groups in total. The topological polar surface area (TPSA) is 181 Å². The number of aromatic amines is 2. The summed E-state index contributed by atoms with van der Waals surface area (Å²) in [5.74, 6) is -1.45. The molecule has 4 saturated heterocycles. The zero-order valence-electron chi connectivity index (χ0n) is 40.6. The van der Waals surface area contributed by atoms with Gasteiger partial charge in [-0.15, -0.1) is 0 Å². The number of halogens is 3. The largest absolute Gasteiger partial charge is 0.453 e. The van der Waals surface area contributed by atoms with Crippen LogP contribution >= 0.6 is 0 Å². The van der Waals surface area contributed by atoms with Gasteiger partial charge in [-0.1, -0.05) is 27.7 Å². The van der Waals surface area contributed by atoms with Gasteiger partial charge in [-0.05, 0) is 106 Å². The Kier molecular flexibility index (Phi) is 13.9. The maximum Gasteiger partial charge on any atom is 0.407 e. The molecule has 9 rings (SSSR count). The monoisotopic (exact) mass is 968 g/mol. The van der Waals surface area contributed by atoms with Crippen LogP contribution in [0, 0.1) is 29.3 Å². The molecule has 4 aliphatic rings. The van der Waals surface area contributed by atoms with Crippen molar-refractivity contribution in [2.24, 2.45) is 11.8 Å². The van der Waals surface area contributed by atoms with Crippen molar-refractivity contribution in [2.45, 2.75) is 122 Å². The average molecular weight is 969 g/mol. The van der Waals surface area contributed by atoms with Gasteiger partial charge in [-0.3, -0.25) is 9.59 Å². The number of anilines is 2. The molecule has 4 fully saturated rings. The number of hydrogen-bond donors (Lipinski definition) is 4. The van der Waals surface area contributed by atoms with E-state index in [-0.39, 0.29) is 23.7 Å². The van der Waals surface area contributed by atoms with Crippen LogP contribution in [0.4, 0.5) is 34.1 Å². The molecule has 70 heavy (non-hydrogen) atoms. The van der Waals surface area contributed by atoms with Crippen molar-refractivity contribution in [3.63, 3.8) is 0 Å². The smallest absolute Gasteiger partial charge is 0.407 e. The molecule has 0 spiro atoms. The van der Waals surface area contributed by atoms with Crippen LogP contribution in [0.5, 0.6) is 0 Å². The Labute approximate surface area is 405 Å². The van der Waals surface area contributed by atoms with E-state index in [2.05, 4.69) is 20.6 Å². The number of hydrogen-bond acceptors (Lipinski definition) is 10. The van der Waals surface area contributed by atoms with Crippen LogP contribution in [0.2, 0.25) is 0 Å². The molecule has 3 aromatic carbocycles. The van der Waals surface area contributed by atoms with Crippen molar-refractivity contribution in [1.82, 2.24) is 40.4 Å². The van der Waals surface area contributed by atoms with Crippen LogP contribution in [0.15, 0.2) is 42.5 Å². The summed E-state index contributed by atoms with van der Waals surface area (Å²) >= 11 is 0. The summed E-state index contributed by atoms with van der Waals surface area (Å²) < 4.78 is 59.6. The summed E-state index contributed by atoms with van der Waals surface area (Å²) in [5.41, 5.74) is 3.43. The first-order valence-corrected chi connectivity index (χ1v) is 24.7. The molecule has 374 valence electrons. The summed E-state index contributed by atoms with van der Waals surface area (Å²) in [6, 6.07) is 7.40. The Hall–Kier alpha value is -6.53. The number of imidazole rings is 2. The van der Waals surface area contributed by atoms with E-state index < -0.39 is 65.9 Å². The van der Waals surface area contributed by atoms with E-state index in [9.17, 15) is 19.2 Å². The van der Waals surface area contributed by atoms with Crippen molar-refractivity contribution in [1.29, 1.82) is 0 Å². The molecule has 6 atom stereocenters. The molecule has 0 bridgehead atoms. The van der Waals surface area contributed by atoms with Gasteiger partial charge in [0.25, 0.3) is 0 Å². The molecule has 6 heterocycles. The molecule has 0 radical (unpaired) electrons. The first-order valence-electron chi connectivity index (χ1n) is 24.7. The number of nitrogens with zero attached hydrogens (tertiary/aromatic N) is 6. The van der Waals surface area contributed by atoms with Crippen molar-refractivity contribution < 1.29 is 41.8 Å². The van der Waals surface area contributed by atoms with Crippen LogP contribution in [-0.2, 0) is 19.1 Å². The van der Waals surface area contributed by atoms with Crippen molar-refractivity contribution in [2.75, 3.05) is 50.2 Å². The van der Waals surface area contributed by atoms with Gasteiger partial charge >= 0.3 is 12.2 Å². The van der Waals surface area contributed by atoms with Gasteiger partial charge in [0.15, 0.2) is 0 Å². The fraction of sp³-hybridized carbons (Fsp3) is 0.529. The third-order valence-electron chi connectivity index (χ3n) is 14.8. The molecule has 2 aromatic heterocycles. The molecule has 0 aliphatic carbocycles. The second kappa shape index (κ2) is 20.1. The summed E-state index contributed by atoms with van der Waals surface area (Å²) in [6.45, 7) is 9.76. The minimum Gasteiger partial charge on any atom is -0.453 e. The van der Waals surface area contributed by atoms with Gasteiger partial charge in [0.05, 0.1) is 66.1 Å². The van der Waals surface area contributed by atoms with E-state index in [4.69, 9.17) is 19.4 Å². The van der Waals surface area contributed by atoms with E-state index >= 15 is 13.2 Å². The average Bonchev–Trinajstić information content (AvgIpc) is 4.21. The Bertz CT molecular complexity index is 2620. The molecule has 4 aliphatic heterocycles. The number of methoxy groups -OCH3 is 2. The zero-order valence-corrected chi connectivity index (χ0v) is 40.6. The number of carbonyl (C=O) groups excluding carboxylic acids is 4. The molecular weight excluding hydrogens is 906 g/mol. The highest BCUT2D eigenvalue weighted by molar-refractivity contribution is 5.88. The van der Waals surface area contributed by atoms with Gasteiger partial charge in [0.1, 0.15) is 41.2 Å². The highest BCUT2D eigenvalue weighted by Gasteiger charge is 2.42. The van der Waals surface area contributed by atoms with Crippen molar-refractivity contribution >= 4 is 57.4 Å². The standard InChI is InChI=1S/C51H63F3N10O6/c1-27(2)44(59-50(67)69-5)48(65)62-20-10-12-42(62)46-55-35-23-30(32(52)25-37(35)57-46)39-16-17-40(64(39)29-14-15-41(34(54)22-29)61-18-8-7-9-19-61)31-24-36-38(26-33(31)53)58-47(56-36)43-13-11-21-63(43)49(66)45(28(3)4)60-51(68)70-6/h14-15,22-28,39-40,42-45H,7-13,16-21H2,1-6H3,(H,55,57)(H,56,58)(H,59,67)(H,60,68)/t39-,40-,42+,43+,44+,45?/m1/s1. The second-order valence-corrected chi connectivity index (χ2v) is 19.8. The number of alkyl carbamates (subject to hydrolysis) is 2.